The third kappa shape index (κ3) is 2.24. The molecule has 4 heteroatoms. The molecule has 25 heavy (non-hydrogen) atoms. The average molecular weight is 330 g/mol. The first kappa shape index (κ1) is 15.8. The molecule has 0 saturated heterocycles. The molecule has 4 rings (SSSR count). The molecule has 2 N–H and O–H groups in total. The fourth-order valence-corrected chi connectivity index (χ4v) is 3.42. The Bertz CT molecular complexity index is 1020. The second-order valence-electron chi connectivity index (χ2n) is 7.64. The van der Waals surface area contributed by atoms with Crippen molar-refractivity contribution < 1.29 is 0 Å². The van der Waals surface area contributed by atoms with Gasteiger partial charge in [-0.1, -0.05) is 50.2 Å². The summed E-state index contributed by atoms with van der Waals surface area (Å²) in [5.41, 5.74) is 9.84. The highest BCUT2D eigenvalue weighted by atomic mass is 15.0. The van der Waals surface area contributed by atoms with E-state index >= 15 is 0 Å². The molecule has 1 aromatic heterocycles. The molecular formula is C21H22N4. The fourth-order valence-electron chi connectivity index (χ4n) is 3.42. The lowest BCUT2D eigenvalue weighted by molar-refractivity contribution is 0.303. The highest BCUT2D eigenvalue weighted by Gasteiger charge is 2.44. The van der Waals surface area contributed by atoms with Crippen LogP contribution < -0.4 is 5.73 Å². The third-order valence-electron chi connectivity index (χ3n) is 5.62. The second kappa shape index (κ2) is 5.12. The van der Waals surface area contributed by atoms with Gasteiger partial charge in [0.25, 0.3) is 0 Å². The minimum Gasteiger partial charge on any atom is -0.383 e. The van der Waals surface area contributed by atoms with Gasteiger partial charge in [-0.05, 0) is 31.5 Å². The van der Waals surface area contributed by atoms with E-state index < -0.39 is 0 Å². The molecule has 0 unspecified atom stereocenters. The van der Waals surface area contributed by atoms with Gasteiger partial charge in [-0.15, -0.1) is 0 Å². The highest BCUT2D eigenvalue weighted by Crippen LogP contribution is 2.43. The van der Waals surface area contributed by atoms with E-state index in [-0.39, 0.29) is 11.0 Å². The molecule has 0 spiro atoms. The lowest BCUT2D eigenvalue weighted by atomic mass is 9.66. The Kier molecular flexibility index (Phi) is 3.23. The number of hydrogen-bond acceptors (Lipinski definition) is 4. The van der Waals surface area contributed by atoms with E-state index in [9.17, 15) is 0 Å². The van der Waals surface area contributed by atoms with Crippen LogP contribution >= 0.6 is 0 Å². The summed E-state index contributed by atoms with van der Waals surface area (Å²) in [7, 11) is 0. The summed E-state index contributed by atoms with van der Waals surface area (Å²) in [6, 6.07) is 16.2. The van der Waals surface area contributed by atoms with Gasteiger partial charge in [-0.2, -0.15) is 0 Å². The molecule has 0 radical (unpaired) electrons. The first-order valence-electron chi connectivity index (χ1n) is 8.54. The Balaban J connectivity index is 2.01. The molecule has 0 saturated carbocycles. The first-order valence-corrected chi connectivity index (χ1v) is 8.54. The van der Waals surface area contributed by atoms with Crippen molar-refractivity contribution in [3.63, 3.8) is 0 Å². The Morgan fingerprint density at radius 1 is 0.840 bits per heavy atom. The van der Waals surface area contributed by atoms with Crippen molar-refractivity contribution >= 4 is 22.4 Å². The lowest BCUT2D eigenvalue weighted by Crippen LogP contribution is -2.46. The van der Waals surface area contributed by atoms with Crippen LogP contribution in [0.15, 0.2) is 53.5 Å². The summed E-state index contributed by atoms with van der Waals surface area (Å²) in [4.78, 5) is 14.4. The molecule has 2 aromatic carbocycles. The quantitative estimate of drug-likeness (QED) is 0.730. The van der Waals surface area contributed by atoms with Crippen LogP contribution in [0.5, 0.6) is 0 Å². The molecule has 1 aliphatic rings. The normalized spacial score (nSPS) is 17.8. The van der Waals surface area contributed by atoms with Gasteiger partial charge >= 0.3 is 0 Å². The Hall–Kier alpha value is -2.75. The van der Waals surface area contributed by atoms with Crippen molar-refractivity contribution in [3.05, 3.63) is 65.5 Å². The minimum absolute atomic E-state index is 0.0878. The van der Waals surface area contributed by atoms with Gasteiger partial charge in [0.05, 0.1) is 11.1 Å². The van der Waals surface area contributed by atoms with Crippen LogP contribution in [0.25, 0.3) is 10.9 Å². The Labute approximate surface area is 147 Å². The van der Waals surface area contributed by atoms with Gasteiger partial charge in [-0.3, -0.25) is 4.99 Å². The first-order chi connectivity index (χ1) is 11.8. The number of anilines is 1. The van der Waals surface area contributed by atoms with Crippen LogP contribution in [0.2, 0.25) is 0 Å². The van der Waals surface area contributed by atoms with E-state index in [1.165, 1.54) is 5.56 Å². The topological polar surface area (TPSA) is 64.2 Å². The fraction of sp³-hybridized carbons (Fsp3) is 0.286. The summed E-state index contributed by atoms with van der Waals surface area (Å²) in [5.74, 6) is 1.08. The Morgan fingerprint density at radius 3 is 2.32 bits per heavy atom. The molecule has 0 aliphatic carbocycles. The zero-order valence-corrected chi connectivity index (χ0v) is 15.0. The number of rotatable bonds is 1. The molecule has 3 aromatic rings. The minimum atomic E-state index is -0.277. The number of aromatic nitrogens is 2. The van der Waals surface area contributed by atoms with E-state index in [0.29, 0.717) is 11.6 Å². The van der Waals surface area contributed by atoms with Crippen molar-refractivity contribution in [3.8, 4) is 0 Å². The maximum Gasteiger partial charge on any atom is 0.180 e. The van der Waals surface area contributed by atoms with Crippen LogP contribution in [-0.2, 0) is 5.41 Å². The van der Waals surface area contributed by atoms with Gasteiger partial charge in [-0.25, -0.2) is 9.97 Å². The largest absolute Gasteiger partial charge is 0.383 e. The second-order valence-corrected chi connectivity index (χ2v) is 7.64. The monoisotopic (exact) mass is 330 g/mol. The number of benzene rings is 2. The third-order valence-corrected chi connectivity index (χ3v) is 5.62. The number of aliphatic imine (C=N–C) groups is 1. The van der Waals surface area contributed by atoms with Crippen molar-refractivity contribution in [2.75, 3.05) is 5.73 Å². The molecule has 126 valence electrons. The van der Waals surface area contributed by atoms with Gasteiger partial charge < -0.3 is 5.73 Å². The molecule has 1 aliphatic heterocycles. The SMILES string of the molecule is CC1(C)N=C(c2nc(N)c3ccccc3n2)c2ccccc2C1(C)C. The molecule has 0 fully saturated rings. The van der Waals surface area contributed by atoms with Crippen LogP contribution in [0, 0.1) is 0 Å². The van der Waals surface area contributed by atoms with Crippen molar-refractivity contribution in [2.24, 2.45) is 4.99 Å². The predicted molar refractivity (Wildman–Crippen MR) is 103 cm³/mol. The van der Waals surface area contributed by atoms with Crippen molar-refractivity contribution in [2.45, 2.75) is 38.6 Å². The maximum absolute atomic E-state index is 6.20. The molecule has 0 amide bonds. The van der Waals surface area contributed by atoms with Gasteiger partial charge in [0, 0.05) is 16.4 Å². The number of nitrogens with zero attached hydrogens (tertiary/aromatic N) is 3. The van der Waals surface area contributed by atoms with Crippen LogP contribution in [0.4, 0.5) is 5.82 Å². The molecule has 0 bridgehead atoms. The summed E-state index contributed by atoms with van der Waals surface area (Å²) >= 11 is 0. The van der Waals surface area contributed by atoms with E-state index in [1.54, 1.807) is 0 Å². The highest BCUT2D eigenvalue weighted by molar-refractivity contribution is 6.13. The van der Waals surface area contributed by atoms with Gasteiger partial charge in [0.15, 0.2) is 5.82 Å². The molecule has 4 nitrogen and oxygen atoms in total. The zero-order valence-electron chi connectivity index (χ0n) is 15.0. The Morgan fingerprint density at radius 2 is 1.52 bits per heavy atom. The lowest BCUT2D eigenvalue weighted by Gasteiger charge is -2.44. The summed E-state index contributed by atoms with van der Waals surface area (Å²) in [6.07, 6.45) is 0. The standard InChI is InChI=1S/C21H22N4/c1-20(2)15-11-7-5-9-13(15)17(25-21(20,3)4)19-23-16-12-8-6-10-14(16)18(22)24-19/h5-12H,1-4H3,(H2,22,23,24). The number of fused-ring (bicyclic) bond motifs is 2. The summed E-state index contributed by atoms with van der Waals surface area (Å²) in [5, 5.41) is 0.871. The van der Waals surface area contributed by atoms with Crippen molar-refractivity contribution in [1.82, 2.24) is 9.97 Å². The molecular weight excluding hydrogens is 308 g/mol. The van der Waals surface area contributed by atoms with Crippen LogP contribution in [0.1, 0.15) is 44.6 Å². The van der Waals surface area contributed by atoms with E-state index in [1.807, 2.05) is 30.3 Å². The number of hydrogen-bond donors (Lipinski definition) is 1. The van der Waals surface area contributed by atoms with Gasteiger partial charge in [0.1, 0.15) is 11.5 Å². The van der Waals surface area contributed by atoms with E-state index in [4.69, 9.17) is 15.7 Å². The van der Waals surface area contributed by atoms with Gasteiger partial charge in [0.2, 0.25) is 0 Å². The predicted octanol–water partition coefficient (Wildman–Crippen LogP) is 4.12. The summed E-state index contributed by atoms with van der Waals surface area (Å²) in [6.45, 7) is 8.80. The smallest absolute Gasteiger partial charge is 0.180 e. The van der Waals surface area contributed by atoms with E-state index in [0.717, 1.165) is 22.2 Å². The number of nitrogen functional groups attached to an aromatic ring is 1. The number of para-hydroxylation sites is 1. The maximum atomic E-state index is 6.20. The van der Waals surface area contributed by atoms with E-state index in [2.05, 4.69) is 50.9 Å². The van der Waals surface area contributed by atoms with Crippen LogP contribution in [-0.4, -0.2) is 21.2 Å². The molecule has 2 heterocycles. The average Bonchev–Trinajstić information content (AvgIpc) is 2.58. The molecule has 0 atom stereocenters. The van der Waals surface area contributed by atoms with Crippen molar-refractivity contribution in [1.29, 1.82) is 0 Å². The zero-order chi connectivity index (χ0) is 17.8. The van der Waals surface area contributed by atoms with Crippen LogP contribution in [0.3, 0.4) is 0 Å². The number of nitrogens with two attached hydrogens (primary N) is 1. The summed E-state index contributed by atoms with van der Waals surface area (Å²) < 4.78 is 0.